The Morgan fingerprint density at radius 2 is 1.00 bits per heavy atom. The molecule has 0 amide bonds. The van der Waals surface area contributed by atoms with Crippen LogP contribution in [0.5, 0.6) is 0 Å². The Balaban J connectivity index is 0.000000566. The summed E-state index contributed by atoms with van der Waals surface area (Å²) < 4.78 is 59.6. The van der Waals surface area contributed by atoms with Gasteiger partial charge in [0.1, 0.15) is 0 Å². The number of rotatable bonds is 7. The van der Waals surface area contributed by atoms with E-state index in [1.54, 1.807) is 17.8 Å². The molecule has 1 nitrogen and oxygen atoms in total. The van der Waals surface area contributed by atoms with Gasteiger partial charge in [-0.2, -0.15) is 0 Å². The average molecular weight is 815 g/mol. The van der Waals surface area contributed by atoms with Gasteiger partial charge in [-0.05, 0) is 91.0 Å². The molecule has 0 heterocycles. The number of carbonyl (C=O) groups excluding carboxylic acids is 1. The molecule has 0 fully saturated rings. The first-order chi connectivity index (χ1) is 20.4. The van der Waals surface area contributed by atoms with Gasteiger partial charge in [-0.25, -0.2) is 0 Å². The van der Waals surface area contributed by atoms with Crippen molar-refractivity contribution in [3.8, 4) is 0 Å². The first-order valence-electron chi connectivity index (χ1n) is 12.4. The van der Waals surface area contributed by atoms with E-state index in [2.05, 4.69) is 48.5 Å². The van der Waals surface area contributed by atoms with Gasteiger partial charge in [-0.3, -0.25) is 4.79 Å². The molecule has 0 aliphatic rings. The fourth-order valence-corrected chi connectivity index (χ4v) is 7.21. The quantitative estimate of drug-likeness (QED) is 0.0705. The van der Waals surface area contributed by atoms with E-state index in [1.807, 2.05) is 66.7 Å². The Bertz CT molecular complexity index is 1700. The van der Waals surface area contributed by atoms with E-state index in [0.717, 1.165) is 9.79 Å². The van der Waals surface area contributed by atoms with Gasteiger partial charge >= 0.3 is 36.4 Å². The van der Waals surface area contributed by atoms with Crippen molar-refractivity contribution in [2.75, 3.05) is 0 Å². The van der Waals surface area contributed by atoms with Crippen molar-refractivity contribution in [1.29, 1.82) is 0 Å². The van der Waals surface area contributed by atoms with Crippen molar-refractivity contribution >= 4 is 82.7 Å². The molecule has 0 aliphatic carbocycles. The summed E-state index contributed by atoms with van der Waals surface area (Å²) in [6, 6.07) is 39.2. The van der Waals surface area contributed by atoms with Crippen molar-refractivity contribution in [2.45, 2.75) is 24.5 Å². The van der Waals surface area contributed by atoms with E-state index in [0.29, 0.717) is 26.2 Å². The summed E-state index contributed by atoms with van der Waals surface area (Å²) in [7, 11) is -0.307. The van der Waals surface area contributed by atoms with Crippen LogP contribution in [0.1, 0.15) is 15.9 Å². The first-order valence-corrected chi connectivity index (χ1v) is 21.4. The summed E-state index contributed by atoms with van der Waals surface area (Å²) in [5, 5.41) is 1.98. The van der Waals surface area contributed by atoms with E-state index in [4.69, 9.17) is 34.8 Å². The summed E-state index contributed by atoms with van der Waals surface area (Å²) in [5.74, 6) is -0.0418. The summed E-state index contributed by atoms with van der Waals surface area (Å²) >= 11 is 9.21. The summed E-state index contributed by atoms with van der Waals surface area (Å²) in [6.07, 6.45) is 0. The molecule has 5 aromatic carbocycles. The molecule has 0 N–H and O–H groups in total. The maximum atomic E-state index is 12.8. The van der Waals surface area contributed by atoms with E-state index < -0.39 is 19.5 Å². The molecular weight excluding hydrogens is 795 g/mol. The van der Waals surface area contributed by atoms with Crippen molar-refractivity contribution < 1.29 is 21.7 Å². The molecule has 230 valence electrons. The van der Waals surface area contributed by atoms with E-state index >= 15 is 0 Å². The van der Waals surface area contributed by atoms with Gasteiger partial charge in [-0.15, -0.1) is 0 Å². The number of benzene rings is 5. The fourth-order valence-electron chi connectivity index (χ4n) is 3.80. The predicted molar refractivity (Wildman–Crippen MR) is 169 cm³/mol. The van der Waals surface area contributed by atoms with Crippen molar-refractivity contribution in [3.63, 3.8) is 0 Å². The molecule has 0 aromatic heterocycles. The van der Waals surface area contributed by atoms with Gasteiger partial charge in [-0.1, -0.05) is 76.9 Å². The molecule has 0 aliphatic heterocycles. The molecule has 5 rings (SSSR count). The average Bonchev–Trinajstić information content (AvgIpc) is 2.95. The van der Waals surface area contributed by atoms with Gasteiger partial charge in [0.05, 0.1) is 15.9 Å². The van der Waals surface area contributed by atoms with Gasteiger partial charge in [0.2, 0.25) is 0 Å². The molecule has 0 bridgehead atoms. The topological polar surface area (TPSA) is 17.1 Å². The van der Waals surface area contributed by atoms with Crippen LogP contribution >= 0.6 is 46.6 Å². The monoisotopic (exact) mass is 812 g/mol. The van der Waals surface area contributed by atoms with Gasteiger partial charge < -0.3 is 0 Å². The van der Waals surface area contributed by atoms with Crippen LogP contribution in [0.3, 0.4) is 0 Å². The normalized spacial score (nSPS) is 13.0. The molecule has 0 spiro atoms. The Kier molecular flexibility index (Phi) is 10.4. The first kappa shape index (κ1) is 34.6. The zero-order valence-electron chi connectivity index (χ0n) is 22.1. The van der Waals surface area contributed by atoms with E-state index in [-0.39, 0.29) is 16.7 Å². The Morgan fingerprint density at radius 1 is 0.568 bits per heavy atom. The van der Waals surface area contributed by atoms with Crippen molar-refractivity contribution in [2.24, 2.45) is 0 Å². The minimum atomic E-state index is -11.2. The van der Waals surface area contributed by atoms with Crippen LogP contribution in [0.25, 0.3) is 0 Å². The van der Waals surface area contributed by atoms with E-state index in [9.17, 15) is 21.7 Å². The second-order valence-corrected chi connectivity index (χ2v) is 19.0. The minimum absolute atomic E-state index is 0.0418. The molecule has 5 aromatic rings. The van der Waals surface area contributed by atoms with Crippen molar-refractivity contribution in [3.05, 3.63) is 148 Å². The molecule has 0 saturated heterocycles. The van der Waals surface area contributed by atoms with Crippen LogP contribution in [0.2, 0.25) is 15.1 Å². The standard InChI is InChI=1S/C31H20Cl3OS2.6FH.Sb/c32-23-7-13-26(14-8-23)37(27-15-9-24(33)10-16-27)28-17-11-25(12-18-28)36-30-19-6-22(20-29(30)34)31(35)21-4-2-1-3-5-21;;;;;;;/h1-20H;6*1H;/q+1;;;;;;;+5/p-6. The third-order valence-electron chi connectivity index (χ3n) is 5.62. The predicted octanol–water partition coefficient (Wildman–Crippen LogP) is 12.3. The Morgan fingerprint density at radius 3 is 1.43 bits per heavy atom. The fraction of sp³-hybridized carbons (Fsp3) is 0. The second kappa shape index (κ2) is 13.2. The Labute approximate surface area is 274 Å². The SMILES string of the molecule is O=C(c1ccccc1)c1ccc(Sc2ccc([S+](c3ccc(Cl)cc3)c3ccc(Cl)cc3)cc2)c(Cl)c1.[F][Sb-]([F])([F])([F])([F])[F]. The van der Waals surface area contributed by atoms with Gasteiger partial charge in [0.25, 0.3) is 0 Å². The molecule has 0 atom stereocenters. The van der Waals surface area contributed by atoms with Crippen LogP contribution in [0.4, 0.5) is 16.9 Å². The van der Waals surface area contributed by atoms with Crippen LogP contribution in [-0.4, -0.2) is 25.3 Å². The summed E-state index contributed by atoms with van der Waals surface area (Å²) in [4.78, 5) is 18.3. The molecule has 0 unspecified atom stereocenters. The summed E-state index contributed by atoms with van der Waals surface area (Å²) in [5.41, 5.74) is 1.22. The van der Waals surface area contributed by atoms with Crippen LogP contribution < -0.4 is 0 Å². The molecule has 13 heteroatoms. The third-order valence-corrected chi connectivity index (χ3v) is 9.86. The zero-order valence-corrected chi connectivity index (χ0v) is 28.6. The van der Waals surface area contributed by atoms with Crippen LogP contribution in [0, 0.1) is 0 Å². The molecular formula is C31H20Cl3F6OS2Sb. The van der Waals surface area contributed by atoms with Crippen molar-refractivity contribution in [1.82, 2.24) is 0 Å². The van der Waals surface area contributed by atoms with Crippen LogP contribution in [-0.2, 0) is 10.9 Å². The third kappa shape index (κ3) is 11.3. The van der Waals surface area contributed by atoms with E-state index in [1.165, 1.54) is 14.7 Å². The Hall–Kier alpha value is -2.26. The zero-order chi connectivity index (χ0) is 32.2. The second-order valence-electron chi connectivity index (χ2n) is 9.09. The summed E-state index contributed by atoms with van der Waals surface area (Å²) in [6.45, 7) is 0. The molecule has 44 heavy (non-hydrogen) atoms. The number of ketones is 1. The van der Waals surface area contributed by atoms with Gasteiger partial charge in [0.15, 0.2) is 20.5 Å². The van der Waals surface area contributed by atoms with Gasteiger partial charge in [0, 0.05) is 31.0 Å². The number of carbonyl (C=O) groups is 1. The molecule has 0 saturated carbocycles. The van der Waals surface area contributed by atoms with Crippen LogP contribution in [0.15, 0.2) is 146 Å². The molecule has 0 radical (unpaired) electrons. The number of hydrogen-bond donors (Lipinski definition) is 0. The maximum absolute atomic E-state index is 12.8. The number of halogens is 9. The number of hydrogen-bond acceptors (Lipinski definition) is 2.